The zero-order chi connectivity index (χ0) is 14.2. The van der Waals surface area contributed by atoms with Crippen molar-refractivity contribution in [2.45, 2.75) is 26.6 Å². The summed E-state index contributed by atoms with van der Waals surface area (Å²) in [6.45, 7) is 3.99. The Labute approximate surface area is 118 Å². The molecule has 108 valence electrons. The van der Waals surface area contributed by atoms with Crippen molar-refractivity contribution in [3.8, 4) is 5.75 Å². The van der Waals surface area contributed by atoms with E-state index in [-0.39, 0.29) is 0 Å². The molecule has 0 saturated heterocycles. The van der Waals surface area contributed by atoms with Gasteiger partial charge in [0.05, 0.1) is 18.8 Å². The monoisotopic (exact) mass is 277 g/mol. The van der Waals surface area contributed by atoms with Crippen LogP contribution in [0, 0.1) is 0 Å². The van der Waals surface area contributed by atoms with Crippen LogP contribution in [0.15, 0.2) is 36.5 Å². The second-order valence-corrected chi connectivity index (χ2v) is 4.42. The molecule has 20 heavy (non-hydrogen) atoms. The van der Waals surface area contributed by atoms with Crippen molar-refractivity contribution in [1.29, 1.82) is 0 Å². The Balaban J connectivity index is 1.81. The maximum atomic E-state index is 12.3. The van der Waals surface area contributed by atoms with Crippen molar-refractivity contribution in [2.24, 2.45) is 0 Å². The van der Waals surface area contributed by atoms with Crippen molar-refractivity contribution in [2.75, 3.05) is 13.3 Å². The Kier molecular flexibility index (Phi) is 5.55. The lowest BCUT2D eigenvalue weighted by atomic mass is 10.2. The number of hydrogen-bond acceptors (Lipinski definition) is 3. The van der Waals surface area contributed by atoms with E-state index >= 15 is 0 Å². The quantitative estimate of drug-likeness (QED) is 0.806. The second-order valence-electron chi connectivity index (χ2n) is 4.42. The van der Waals surface area contributed by atoms with Gasteiger partial charge >= 0.3 is 0 Å². The van der Waals surface area contributed by atoms with Gasteiger partial charge in [0.1, 0.15) is 12.4 Å². The Bertz CT molecular complexity index is 510. The summed E-state index contributed by atoms with van der Waals surface area (Å²) in [6.07, 6.45) is 1.70. The summed E-state index contributed by atoms with van der Waals surface area (Å²) in [7, 11) is 0. The van der Waals surface area contributed by atoms with Gasteiger partial charge in [-0.05, 0) is 30.7 Å². The molecule has 0 aliphatic carbocycles. The first kappa shape index (κ1) is 14.5. The van der Waals surface area contributed by atoms with Gasteiger partial charge in [0.2, 0.25) is 0 Å². The molecule has 1 aromatic heterocycles. The topological polar surface area (TPSA) is 39.1 Å². The van der Waals surface area contributed by atoms with Gasteiger partial charge in [-0.25, -0.2) is 4.39 Å². The first-order valence-corrected chi connectivity index (χ1v) is 6.82. The third-order valence-corrected chi connectivity index (χ3v) is 2.97. The third kappa shape index (κ3) is 4.06. The van der Waals surface area contributed by atoms with Crippen LogP contribution in [0.4, 0.5) is 4.39 Å². The Hall–Kier alpha value is -1.88. The number of halogens is 1. The molecule has 2 aromatic rings. The van der Waals surface area contributed by atoms with Gasteiger partial charge in [0.25, 0.3) is 0 Å². The third-order valence-electron chi connectivity index (χ3n) is 2.97. The minimum atomic E-state index is -0.395. The van der Waals surface area contributed by atoms with Crippen LogP contribution in [-0.4, -0.2) is 23.1 Å². The van der Waals surface area contributed by atoms with Crippen molar-refractivity contribution in [3.63, 3.8) is 0 Å². The molecule has 0 aliphatic heterocycles. The fourth-order valence-corrected chi connectivity index (χ4v) is 2.00. The molecular weight excluding hydrogens is 257 g/mol. The number of aromatic nitrogens is 2. The summed E-state index contributed by atoms with van der Waals surface area (Å²) >= 11 is 0. The minimum Gasteiger partial charge on any atom is -0.494 e. The SMILES string of the molecule is CCOc1ccc(CNCc2ccnn2CCF)cc1. The van der Waals surface area contributed by atoms with E-state index in [0.29, 0.717) is 19.7 Å². The number of alkyl halides is 1. The van der Waals surface area contributed by atoms with E-state index in [1.165, 1.54) is 5.56 Å². The molecule has 4 nitrogen and oxygen atoms in total. The summed E-state index contributed by atoms with van der Waals surface area (Å²) in [6, 6.07) is 9.91. The van der Waals surface area contributed by atoms with Crippen molar-refractivity contribution in [1.82, 2.24) is 15.1 Å². The first-order chi connectivity index (χ1) is 9.83. The highest BCUT2D eigenvalue weighted by molar-refractivity contribution is 5.27. The molecule has 0 unspecified atom stereocenters. The number of rotatable bonds is 8. The minimum absolute atomic E-state index is 0.313. The lowest BCUT2D eigenvalue weighted by Gasteiger charge is -2.08. The van der Waals surface area contributed by atoms with Crippen molar-refractivity contribution in [3.05, 3.63) is 47.8 Å². The zero-order valence-electron chi connectivity index (χ0n) is 11.7. The zero-order valence-corrected chi connectivity index (χ0v) is 11.7. The van der Waals surface area contributed by atoms with E-state index in [0.717, 1.165) is 18.0 Å². The summed E-state index contributed by atoms with van der Waals surface area (Å²) in [5.74, 6) is 0.886. The molecule has 0 saturated carbocycles. The van der Waals surface area contributed by atoms with E-state index in [2.05, 4.69) is 10.4 Å². The van der Waals surface area contributed by atoms with Crippen LogP contribution in [-0.2, 0) is 19.6 Å². The Morgan fingerprint density at radius 2 is 2.00 bits per heavy atom. The molecule has 1 aromatic carbocycles. The average Bonchev–Trinajstić information content (AvgIpc) is 2.89. The fourth-order valence-electron chi connectivity index (χ4n) is 2.00. The maximum absolute atomic E-state index is 12.3. The lowest BCUT2D eigenvalue weighted by Crippen LogP contribution is -2.17. The maximum Gasteiger partial charge on any atom is 0.119 e. The van der Waals surface area contributed by atoms with Crippen LogP contribution in [0.25, 0.3) is 0 Å². The molecule has 0 radical (unpaired) electrons. The highest BCUT2D eigenvalue weighted by atomic mass is 19.1. The molecule has 1 heterocycles. The van der Waals surface area contributed by atoms with Gasteiger partial charge in [-0.2, -0.15) is 5.10 Å². The highest BCUT2D eigenvalue weighted by Gasteiger charge is 2.02. The van der Waals surface area contributed by atoms with Crippen LogP contribution < -0.4 is 10.1 Å². The molecule has 0 atom stereocenters. The van der Waals surface area contributed by atoms with Gasteiger partial charge < -0.3 is 10.1 Å². The summed E-state index contributed by atoms with van der Waals surface area (Å²) in [5.41, 5.74) is 2.18. The molecule has 0 aliphatic rings. The fraction of sp³-hybridized carbons (Fsp3) is 0.400. The Morgan fingerprint density at radius 1 is 1.20 bits per heavy atom. The molecule has 1 N–H and O–H groups in total. The van der Waals surface area contributed by atoms with Gasteiger partial charge in [0.15, 0.2) is 0 Å². The van der Waals surface area contributed by atoms with Crippen LogP contribution in [0.3, 0.4) is 0 Å². The molecular formula is C15H20FN3O. The number of nitrogens with zero attached hydrogens (tertiary/aromatic N) is 2. The predicted molar refractivity (Wildman–Crippen MR) is 76.4 cm³/mol. The number of aryl methyl sites for hydroxylation is 1. The molecule has 2 rings (SSSR count). The van der Waals surface area contributed by atoms with Crippen molar-refractivity contribution >= 4 is 0 Å². The lowest BCUT2D eigenvalue weighted by molar-refractivity contribution is 0.340. The standard InChI is InChI=1S/C15H20FN3O/c1-2-20-15-5-3-13(4-6-15)11-17-12-14-7-9-18-19(14)10-8-16/h3-7,9,17H,2,8,10-12H2,1H3. The van der Waals surface area contributed by atoms with E-state index in [1.54, 1.807) is 10.9 Å². The number of hydrogen-bond donors (Lipinski definition) is 1. The van der Waals surface area contributed by atoms with Crippen LogP contribution in [0.2, 0.25) is 0 Å². The normalized spacial score (nSPS) is 10.7. The van der Waals surface area contributed by atoms with Gasteiger partial charge in [-0.1, -0.05) is 12.1 Å². The molecule has 0 bridgehead atoms. The molecule has 0 amide bonds. The van der Waals surface area contributed by atoms with Crippen molar-refractivity contribution < 1.29 is 9.13 Å². The number of ether oxygens (including phenoxy) is 1. The smallest absolute Gasteiger partial charge is 0.119 e. The van der Waals surface area contributed by atoms with Gasteiger partial charge in [0, 0.05) is 19.3 Å². The average molecular weight is 277 g/mol. The summed E-state index contributed by atoms with van der Waals surface area (Å²) in [4.78, 5) is 0. The second kappa shape index (κ2) is 7.65. The number of benzene rings is 1. The highest BCUT2D eigenvalue weighted by Crippen LogP contribution is 2.12. The Morgan fingerprint density at radius 3 is 2.70 bits per heavy atom. The largest absolute Gasteiger partial charge is 0.494 e. The van der Waals surface area contributed by atoms with E-state index in [4.69, 9.17) is 4.74 Å². The molecule has 0 spiro atoms. The van der Waals surface area contributed by atoms with Gasteiger partial charge in [-0.15, -0.1) is 0 Å². The molecule has 5 heteroatoms. The first-order valence-electron chi connectivity index (χ1n) is 6.82. The van der Waals surface area contributed by atoms with Crippen LogP contribution >= 0.6 is 0 Å². The summed E-state index contributed by atoms with van der Waals surface area (Å²) < 4.78 is 19.4. The number of nitrogens with one attached hydrogen (secondary N) is 1. The van der Waals surface area contributed by atoms with Gasteiger partial charge in [-0.3, -0.25) is 4.68 Å². The molecule has 0 fully saturated rings. The van der Waals surface area contributed by atoms with E-state index < -0.39 is 6.67 Å². The van der Waals surface area contributed by atoms with E-state index in [1.807, 2.05) is 37.3 Å². The van der Waals surface area contributed by atoms with Crippen LogP contribution in [0.5, 0.6) is 5.75 Å². The predicted octanol–water partition coefficient (Wildman–Crippen LogP) is 2.54. The van der Waals surface area contributed by atoms with Crippen LogP contribution in [0.1, 0.15) is 18.2 Å². The summed E-state index contributed by atoms with van der Waals surface area (Å²) in [5, 5.41) is 7.41. The van der Waals surface area contributed by atoms with E-state index in [9.17, 15) is 4.39 Å².